The molecule has 9 heteroatoms. The maximum Gasteiger partial charge on any atom is 0.344 e. The van der Waals surface area contributed by atoms with E-state index in [-0.39, 0.29) is 23.5 Å². The number of carbonyl (C=O) groups is 1. The van der Waals surface area contributed by atoms with Crippen LogP contribution in [0.25, 0.3) is 0 Å². The highest BCUT2D eigenvalue weighted by Crippen LogP contribution is 2.48. The Morgan fingerprint density at radius 1 is 1.17 bits per heavy atom. The molecule has 7 nitrogen and oxygen atoms in total. The number of anilines is 2. The Hall–Kier alpha value is -2.49. The monoisotopic (exact) mass is 440 g/mol. The molecule has 3 heterocycles. The summed E-state index contributed by atoms with van der Waals surface area (Å²) in [5, 5.41) is 7.13. The van der Waals surface area contributed by atoms with Crippen molar-refractivity contribution in [1.29, 1.82) is 0 Å². The predicted octanol–water partition coefficient (Wildman–Crippen LogP) is 3.67. The maximum absolute atomic E-state index is 13.3. The summed E-state index contributed by atoms with van der Waals surface area (Å²) in [5.74, 6) is 0.114. The molecule has 1 N–H and O–H groups in total. The van der Waals surface area contributed by atoms with Gasteiger partial charge in [0, 0.05) is 16.4 Å². The third-order valence-corrected chi connectivity index (χ3v) is 7.23. The quantitative estimate of drug-likeness (QED) is 0.610. The zero-order valence-corrected chi connectivity index (χ0v) is 17.7. The van der Waals surface area contributed by atoms with Crippen molar-refractivity contribution in [1.82, 2.24) is 14.8 Å². The summed E-state index contributed by atoms with van der Waals surface area (Å²) in [6.07, 6.45) is 1.96. The average Bonchev–Trinajstić information content (AvgIpc) is 3.41. The first kappa shape index (κ1) is 19.5. The number of para-hydroxylation sites is 2. The van der Waals surface area contributed by atoms with Gasteiger partial charge in [0.2, 0.25) is 5.91 Å². The first-order valence-corrected chi connectivity index (χ1v) is 11.6. The van der Waals surface area contributed by atoms with Crippen LogP contribution in [0.2, 0.25) is 0 Å². The average molecular weight is 441 g/mol. The normalized spacial score (nSPS) is 17.6. The Kier molecular flexibility index (Phi) is 5.41. The minimum atomic E-state index is -0.273. The van der Waals surface area contributed by atoms with Crippen molar-refractivity contribution < 1.29 is 9.53 Å². The summed E-state index contributed by atoms with van der Waals surface area (Å²) in [6, 6.07) is 15.8. The largest absolute Gasteiger partial charge is 0.376 e. The van der Waals surface area contributed by atoms with Gasteiger partial charge in [0.15, 0.2) is 5.16 Å². The summed E-state index contributed by atoms with van der Waals surface area (Å²) in [6.45, 7) is 1.18. The van der Waals surface area contributed by atoms with Crippen molar-refractivity contribution in [2.75, 3.05) is 17.3 Å². The van der Waals surface area contributed by atoms with Crippen LogP contribution >= 0.6 is 23.5 Å². The molecule has 2 aliphatic rings. The molecule has 0 bridgehead atoms. The van der Waals surface area contributed by atoms with E-state index in [1.165, 1.54) is 11.8 Å². The standard InChI is InChI=1S/C21H20N4O3S2/c26-19(13-29-21-23-22-20(27)24(21)12-14-6-5-11-28-14)25-15-7-1-3-9-17(15)30-18-10-4-2-8-16(18)25/h1-4,7-10,14H,5-6,11-13H2,(H,22,27). The number of thioether (sulfide) groups is 1. The van der Waals surface area contributed by atoms with Crippen LogP contribution in [0.5, 0.6) is 0 Å². The van der Waals surface area contributed by atoms with E-state index >= 15 is 0 Å². The first-order chi connectivity index (χ1) is 14.7. The molecule has 0 radical (unpaired) electrons. The zero-order chi connectivity index (χ0) is 20.5. The van der Waals surface area contributed by atoms with Gasteiger partial charge in [-0.25, -0.2) is 9.89 Å². The Balaban J connectivity index is 1.38. The summed E-state index contributed by atoms with van der Waals surface area (Å²) < 4.78 is 7.22. The van der Waals surface area contributed by atoms with E-state index in [9.17, 15) is 9.59 Å². The lowest BCUT2D eigenvalue weighted by atomic mass is 10.2. The fourth-order valence-corrected chi connectivity index (χ4v) is 5.59. The molecule has 0 saturated carbocycles. The molecule has 154 valence electrons. The molecular formula is C21H20N4O3S2. The lowest BCUT2D eigenvalue weighted by molar-refractivity contribution is -0.115. The number of hydrogen-bond acceptors (Lipinski definition) is 6. The summed E-state index contributed by atoms with van der Waals surface area (Å²) in [7, 11) is 0. The molecule has 3 aromatic rings. The lowest BCUT2D eigenvalue weighted by Gasteiger charge is -2.30. The molecule has 0 spiro atoms. The number of nitrogens with zero attached hydrogens (tertiary/aromatic N) is 3. The van der Waals surface area contributed by atoms with E-state index in [0.717, 1.165) is 40.6 Å². The van der Waals surface area contributed by atoms with Gasteiger partial charge in [0.1, 0.15) is 0 Å². The smallest absolute Gasteiger partial charge is 0.344 e. The van der Waals surface area contributed by atoms with Gasteiger partial charge >= 0.3 is 5.69 Å². The van der Waals surface area contributed by atoms with Crippen LogP contribution in [0.1, 0.15) is 12.8 Å². The van der Waals surface area contributed by atoms with Crippen LogP contribution in [-0.4, -0.2) is 39.1 Å². The number of nitrogens with one attached hydrogen (secondary N) is 1. The van der Waals surface area contributed by atoms with E-state index in [1.807, 2.05) is 48.5 Å². The van der Waals surface area contributed by atoms with E-state index < -0.39 is 0 Å². The van der Waals surface area contributed by atoms with E-state index in [2.05, 4.69) is 10.2 Å². The highest BCUT2D eigenvalue weighted by Gasteiger charge is 2.28. The van der Waals surface area contributed by atoms with Gasteiger partial charge in [-0.05, 0) is 37.1 Å². The third-order valence-electron chi connectivity index (χ3n) is 5.14. The Morgan fingerprint density at radius 3 is 2.53 bits per heavy atom. The molecule has 30 heavy (non-hydrogen) atoms. The second-order valence-corrected chi connectivity index (χ2v) is 9.14. The molecule has 1 saturated heterocycles. The van der Waals surface area contributed by atoms with Crippen LogP contribution in [-0.2, 0) is 16.1 Å². The minimum absolute atomic E-state index is 0.0215. The van der Waals surface area contributed by atoms with Crippen molar-refractivity contribution in [2.45, 2.75) is 40.4 Å². The highest BCUT2D eigenvalue weighted by molar-refractivity contribution is 8.00. The molecule has 5 rings (SSSR count). The van der Waals surface area contributed by atoms with Gasteiger partial charge < -0.3 is 4.74 Å². The van der Waals surface area contributed by atoms with Crippen LogP contribution in [0.15, 0.2) is 68.3 Å². The van der Waals surface area contributed by atoms with Crippen molar-refractivity contribution in [2.24, 2.45) is 0 Å². The molecule has 1 atom stereocenters. The van der Waals surface area contributed by atoms with E-state index in [0.29, 0.717) is 11.7 Å². The van der Waals surface area contributed by atoms with Crippen molar-refractivity contribution in [3.63, 3.8) is 0 Å². The highest BCUT2D eigenvalue weighted by atomic mass is 32.2. The van der Waals surface area contributed by atoms with Crippen molar-refractivity contribution in [3.8, 4) is 0 Å². The molecule has 1 aromatic heterocycles. The predicted molar refractivity (Wildman–Crippen MR) is 117 cm³/mol. The SMILES string of the molecule is O=C(CSc1n[nH]c(=O)n1CC1CCCO1)N1c2ccccc2Sc2ccccc21. The third kappa shape index (κ3) is 3.68. The fraction of sp³-hybridized carbons (Fsp3) is 0.286. The van der Waals surface area contributed by atoms with Gasteiger partial charge in [-0.3, -0.25) is 14.3 Å². The number of amides is 1. The van der Waals surface area contributed by atoms with Crippen LogP contribution < -0.4 is 10.6 Å². The number of carbonyl (C=O) groups excluding carboxylic acids is 1. The fourth-order valence-electron chi connectivity index (χ4n) is 3.73. The molecule has 2 aliphatic heterocycles. The summed E-state index contributed by atoms with van der Waals surface area (Å²) in [4.78, 5) is 29.3. The topological polar surface area (TPSA) is 80.2 Å². The van der Waals surface area contributed by atoms with Crippen LogP contribution in [0, 0.1) is 0 Å². The molecular weight excluding hydrogens is 420 g/mol. The Morgan fingerprint density at radius 2 is 1.87 bits per heavy atom. The molecule has 1 fully saturated rings. The van der Waals surface area contributed by atoms with Crippen LogP contribution in [0.3, 0.4) is 0 Å². The summed E-state index contributed by atoms with van der Waals surface area (Å²) >= 11 is 2.93. The number of hydrogen-bond donors (Lipinski definition) is 1. The number of ether oxygens (including phenoxy) is 1. The van der Waals surface area contributed by atoms with Gasteiger partial charge in [-0.15, -0.1) is 5.10 Å². The van der Waals surface area contributed by atoms with Gasteiger partial charge in [0.25, 0.3) is 0 Å². The number of aromatic nitrogens is 3. The minimum Gasteiger partial charge on any atom is -0.376 e. The van der Waals surface area contributed by atoms with Gasteiger partial charge in [0.05, 0.1) is 29.8 Å². The maximum atomic E-state index is 13.3. The van der Waals surface area contributed by atoms with E-state index in [1.54, 1.807) is 21.2 Å². The number of H-pyrrole nitrogens is 1. The Labute approximate surface area is 181 Å². The van der Waals surface area contributed by atoms with Gasteiger partial charge in [-0.1, -0.05) is 47.8 Å². The number of rotatable bonds is 5. The molecule has 1 amide bonds. The molecule has 0 aliphatic carbocycles. The zero-order valence-electron chi connectivity index (χ0n) is 16.1. The molecule has 1 unspecified atom stereocenters. The summed E-state index contributed by atoms with van der Waals surface area (Å²) in [5.41, 5.74) is 1.49. The van der Waals surface area contributed by atoms with Gasteiger partial charge in [-0.2, -0.15) is 0 Å². The van der Waals surface area contributed by atoms with Crippen LogP contribution in [0.4, 0.5) is 11.4 Å². The number of benzene rings is 2. The second-order valence-electron chi connectivity index (χ2n) is 7.11. The Bertz CT molecular complexity index is 1090. The second kappa shape index (κ2) is 8.33. The van der Waals surface area contributed by atoms with E-state index in [4.69, 9.17) is 4.74 Å². The van der Waals surface area contributed by atoms with Crippen molar-refractivity contribution >= 4 is 40.8 Å². The first-order valence-electron chi connectivity index (χ1n) is 9.79. The number of fused-ring (bicyclic) bond motifs is 2. The molecule has 2 aromatic carbocycles. The lowest BCUT2D eigenvalue weighted by Crippen LogP contribution is -2.30. The number of aromatic amines is 1. The van der Waals surface area contributed by atoms with Crippen molar-refractivity contribution in [3.05, 3.63) is 59.0 Å².